The van der Waals surface area contributed by atoms with E-state index in [1.807, 2.05) is 52.0 Å². The summed E-state index contributed by atoms with van der Waals surface area (Å²) in [5, 5.41) is 11.3. The Bertz CT molecular complexity index is 1060. The molecule has 1 amide bonds. The zero-order valence-corrected chi connectivity index (χ0v) is 19.6. The lowest BCUT2D eigenvalue weighted by Gasteiger charge is -2.26. The number of rotatable bonds is 6. The van der Waals surface area contributed by atoms with Crippen molar-refractivity contribution in [2.75, 3.05) is 20.8 Å². The summed E-state index contributed by atoms with van der Waals surface area (Å²) in [7, 11) is 3.14. The molecule has 0 aliphatic carbocycles. The van der Waals surface area contributed by atoms with Gasteiger partial charge in [-0.05, 0) is 36.1 Å². The number of hydrogen-bond acceptors (Lipinski definition) is 5. The Kier molecular flexibility index (Phi) is 6.63. The van der Waals surface area contributed by atoms with Crippen LogP contribution in [0.15, 0.2) is 48.0 Å². The van der Waals surface area contributed by atoms with Gasteiger partial charge in [-0.15, -0.1) is 0 Å². The van der Waals surface area contributed by atoms with Gasteiger partial charge in [0.25, 0.3) is 11.7 Å². The van der Waals surface area contributed by atoms with Crippen molar-refractivity contribution in [1.82, 2.24) is 4.90 Å². The molecule has 2 aromatic carbocycles. The lowest BCUT2D eigenvalue weighted by atomic mass is 9.84. The number of carbonyl (C=O) groups is 2. The van der Waals surface area contributed by atoms with Crippen molar-refractivity contribution in [3.8, 4) is 11.5 Å². The lowest BCUT2D eigenvalue weighted by Crippen LogP contribution is -2.30. The molecule has 1 aliphatic rings. The maximum Gasteiger partial charge on any atom is 0.295 e. The molecule has 0 saturated carbocycles. The van der Waals surface area contributed by atoms with Gasteiger partial charge in [0, 0.05) is 23.2 Å². The molecule has 1 unspecified atom stereocenters. The molecule has 0 bridgehead atoms. The molecule has 1 heterocycles. The zero-order chi connectivity index (χ0) is 23.6. The van der Waals surface area contributed by atoms with Crippen LogP contribution in [0, 0.1) is 0 Å². The molecular formula is C26H31NO5. The Balaban J connectivity index is 2.26. The summed E-state index contributed by atoms with van der Waals surface area (Å²) in [5.41, 5.74) is 1.83. The highest BCUT2D eigenvalue weighted by Crippen LogP contribution is 2.43. The summed E-state index contributed by atoms with van der Waals surface area (Å²) in [6.45, 7) is 8.47. The van der Waals surface area contributed by atoms with Crippen LogP contribution < -0.4 is 9.47 Å². The normalized spacial score (nSPS) is 18.2. The highest BCUT2D eigenvalue weighted by molar-refractivity contribution is 6.46. The van der Waals surface area contributed by atoms with Crippen molar-refractivity contribution < 1.29 is 24.2 Å². The Hall–Kier alpha value is -3.28. The number of ether oxygens (including phenoxy) is 2. The highest BCUT2D eigenvalue weighted by Gasteiger charge is 2.46. The SMILES string of the molecule is CCCN1C(=O)C(=O)/C(=C(/O)c2ccc(OC)c(C(C)(C)C)c2)C1c1ccccc1OC. The predicted molar refractivity (Wildman–Crippen MR) is 124 cm³/mol. The van der Waals surface area contributed by atoms with Crippen LogP contribution in [0.2, 0.25) is 0 Å². The number of aliphatic hydroxyl groups excluding tert-OH is 1. The van der Waals surface area contributed by atoms with E-state index in [1.165, 1.54) is 4.90 Å². The van der Waals surface area contributed by atoms with Crippen LogP contribution in [-0.4, -0.2) is 42.5 Å². The van der Waals surface area contributed by atoms with E-state index >= 15 is 0 Å². The number of aliphatic hydroxyl groups is 1. The van der Waals surface area contributed by atoms with Crippen molar-refractivity contribution in [1.29, 1.82) is 0 Å². The standard InChI is InChI=1S/C26H31NO5/c1-7-14-27-22(17-10-8-9-11-19(17)31-5)21(24(29)25(27)30)23(28)16-12-13-20(32-6)18(15-16)26(2,3)4/h8-13,15,22,28H,7,14H2,1-6H3/b23-21+. The third-order valence-electron chi connectivity index (χ3n) is 5.72. The van der Waals surface area contributed by atoms with Crippen LogP contribution in [0.1, 0.15) is 56.8 Å². The highest BCUT2D eigenvalue weighted by atomic mass is 16.5. The van der Waals surface area contributed by atoms with Crippen LogP contribution in [0.4, 0.5) is 0 Å². The topological polar surface area (TPSA) is 76.1 Å². The maximum absolute atomic E-state index is 13.1. The number of carbonyl (C=O) groups excluding carboxylic acids is 2. The van der Waals surface area contributed by atoms with Crippen LogP contribution in [-0.2, 0) is 15.0 Å². The minimum Gasteiger partial charge on any atom is -0.507 e. The molecule has 0 spiro atoms. The van der Waals surface area contributed by atoms with Gasteiger partial charge in [-0.2, -0.15) is 0 Å². The summed E-state index contributed by atoms with van der Waals surface area (Å²) in [6.07, 6.45) is 0.676. The van der Waals surface area contributed by atoms with Gasteiger partial charge in [-0.25, -0.2) is 0 Å². The molecule has 3 rings (SSSR count). The number of ketones is 1. The van der Waals surface area contributed by atoms with E-state index in [0.29, 0.717) is 35.6 Å². The summed E-state index contributed by atoms with van der Waals surface area (Å²) in [6, 6.07) is 11.8. The quantitative estimate of drug-likeness (QED) is 0.398. The second-order valence-electron chi connectivity index (χ2n) is 8.90. The molecule has 170 valence electrons. The number of benzene rings is 2. The molecular weight excluding hydrogens is 406 g/mol. The fourth-order valence-electron chi connectivity index (χ4n) is 4.16. The van der Waals surface area contributed by atoms with Crippen molar-refractivity contribution >= 4 is 17.4 Å². The Labute approximate surface area is 189 Å². The van der Waals surface area contributed by atoms with Crippen molar-refractivity contribution in [3.63, 3.8) is 0 Å². The molecule has 1 saturated heterocycles. The van der Waals surface area contributed by atoms with Gasteiger partial charge in [-0.1, -0.05) is 45.9 Å². The summed E-state index contributed by atoms with van der Waals surface area (Å²) in [5.74, 6) is -0.266. The predicted octanol–water partition coefficient (Wildman–Crippen LogP) is 4.83. The third kappa shape index (κ3) is 4.09. The molecule has 1 atom stereocenters. The van der Waals surface area contributed by atoms with Crippen LogP contribution in [0.5, 0.6) is 11.5 Å². The van der Waals surface area contributed by atoms with Crippen molar-refractivity contribution in [2.45, 2.75) is 45.6 Å². The number of para-hydroxylation sites is 1. The first kappa shape index (κ1) is 23.4. The average Bonchev–Trinajstić information content (AvgIpc) is 3.02. The van der Waals surface area contributed by atoms with Gasteiger partial charge in [0.1, 0.15) is 17.3 Å². The van der Waals surface area contributed by atoms with E-state index in [-0.39, 0.29) is 16.7 Å². The van der Waals surface area contributed by atoms with Gasteiger partial charge in [0.05, 0.1) is 25.8 Å². The number of amides is 1. The molecule has 6 heteroatoms. The first-order valence-electron chi connectivity index (χ1n) is 10.8. The average molecular weight is 438 g/mol. The second-order valence-corrected chi connectivity index (χ2v) is 8.90. The zero-order valence-electron chi connectivity index (χ0n) is 19.6. The van der Waals surface area contributed by atoms with Gasteiger partial charge in [0.2, 0.25) is 0 Å². The van der Waals surface area contributed by atoms with E-state index in [4.69, 9.17) is 9.47 Å². The van der Waals surface area contributed by atoms with E-state index in [0.717, 1.165) is 5.56 Å². The summed E-state index contributed by atoms with van der Waals surface area (Å²) < 4.78 is 11.0. The molecule has 1 aliphatic heterocycles. The Morgan fingerprint density at radius 1 is 1.03 bits per heavy atom. The van der Waals surface area contributed by atoms with Gasteiger partial charge >= 0.3 is 0 Å². The van der Waals surface area contributed by atoms with Crippen LogP contribution in [0.3, 0.4) is 0 Å². The summed E-state index contributed by atoms with van der Waals surface area (Å²) in [4.78, 5) is 27.6. The first-order valence-corrected chi connectivity index (χ1v) is 10.8. The number of hydrogen-bond donors (Lipinski definition) is 1. The number of nitrogens with zero attached hydrogens (tertiary/aromatic N) is 1. The molecule has 6 nitrogen and oxygen atoms in total. The third-order valence-corrected chi connectivity index (χ3v) is 5.72. The van der Waals surface area contributed by atoms with Gasteiger partial charge in [0.15, 0.2) is 0 Å². The summed E-state index contributed by atoms with van der Waals surface area (Å²) >= 11 is 0. The van der Waals surface area contributed by atoms with E-state index in [1.54, 1.807) is 32.4 Å². The maximum atomic E-state index is 13.1. The second kappa shape index (κ2) is 9.07. The molecule has 0 aromatic heterocycles. The molecule has 0 radical (unpaired) electrons. The van der Waals surface area contributed by atoms with Crippen molar-refractivity contribution in [3.05, 3.63) is 64.7 Å². The van der Waals surface area contributed by atoms with Gasteiger partial charge < -0.3 is 19.5 Å². The molecule has 32 heavy (non-hydrogen) atoms. The molecule has 2 aromatic rings. The largest absolute Gasteiger partial charge is 0.507 e. The minimum absolute atomic E-state index is 0.0676. The minimum atomic E-state index is -0.730. The van der Waals surface area contributed by atoms with E-state index in [9.17, 15) is 14.7 Å². The van der Waals surface area contributed by atoms with Crippen molar-refractivity contribution in [2.24, 2.45) is 0 Å². The molecule has 1 N–H and O–H groups in total. The van der Waals surface area contributed by atoms with Gasteiger partial charge in [-0.3, -0.25) is 9.59 Å². The molecule has 1 fully saturated rings. The fourth-order valence-corrected chi connectivity index (χ4v) is 4.16. The lowest BCUT2D eigenvalue weighted by molar-refractivity contribution is -0.139. The Morgan fingerprint density at radius 3 is 2.28 bits per heavy atom. The fraction of sp³-hybridized carbons (Fsp3) is 0.385. The van der Waals surface area contributed by atoms with E-state index < -0.39 is 17.7 Å². The van der Waals surface area contributed by atoms with E-state index in [2.05, 4.69) is 0 Å². The monoisotopic (exact) mass is 437 g/mol. The first-order chi connectivity index (χ1) is 15.1. The van der Waals surface area contributed by atoms with Crippen LogP contribution >= 0.6 is 0 Å². The smallest absolute Gasteiger partial charge is 0.295 e. The number of Topliss-reactive ketones (excluding diaryl/α,β-unsaturated/α-hetero) is 1. The van der Waals surface area contributed by atoms with Crippen LogP contribution in [0.25, 0.3) is 5.76 Å². The number of methoxy groups -OCH3 is 2. The number of likely N-dealkylation sites (tertiary alicyclic amines) is 1. The Morgan fingerprint density at radius 2 is 1.69 bits per heavy atom.